The molecule has 2 amide bonds. The lowest BCUT2D eigenvalue weighted by molar-refractivity contribution is 0.130. The number of halogens is 1. The van der Waals surface area contributed by atoms with Crippen molar-refractivity contribution >= 4 is 18.4 Å². The first kappa shape index (κ1) is 15.6. The van der Waals surface area contributed by atoms with Gasteiger partial charge in [-0.25, -0.2) is 4.79 Å². The molecule has 0 radical (unpaired) electrons. The fourth-order valence-corrected chi connectivity index (χ4v) is 2.92. The average Bonchev–Trinajstić information content (AvgIpc) is 2.78. The van der Waals surface area contributed by atoms with Gasteiger partial charge in [-0.3, -0.25) is 0 Å². The Kier molecular flexibility index (Phi) is 6.22. The lowest BCUT2D eigenvalue weighted by Gasteiger charge is -2.35. The van der Waals surface area contributed by atoms with Gasteiger partial charge >= 0.3 is 6.03 Å². The molecule has 2 fully saturated rings. The summed E-state index contributed by atoms with van der Waals surface area (Å²) in [4.78, 5) is 16.5. The van der Waals surface area contributed by atoms with Crippen LogP contribution in [0.4, 0.5) is 4.79 Å². The van der Waals surface area contributed by atoms with Crippen LogP contribution in [0.5, 0.6) is 0 Å². The SMILES string of the molecule is CNCC1CCCN1C(=O)N1CCC(C)CC1.Cl. The summed E-state index contributed by atoms with van der Waals surface area (Å²) in [6.45, 7) is 6.04. The second-order valence-electron chi connectivity index (χ2n) is 5.50. The molecule has 2 rings (SSSR count). The molecular formula is C13H26ClN3O. The molecule has 0 aliphatic carbocycles. The van der Waals surface area contributed by atoms with Crippen molar-refractivity contribution in [1.29, 1.82) is 0 Å². The smallest absolute Gasteiger partial charge is 0.320 e. The molecular weight excluding hydrogens is 250 g/mol. The highest BCUT2D eigenvalue weighted by atomic mass is 35.5. The van der Waals surface area contributed by atoms with Gasteiger partial charge < -0.3 is 15.1 Å². The van der Waals surface area contributed by atoms with Crippen molar-refractivity contribution in [2.24, 2.45) is 5.92 Å². The number of nitrogens with one attached hydrogen (secondary N) is 1. The minimum atomic E-state index is 0. The molecule has 0 aromatic rings. The van der Waals surface area contributed by atoms with Gasteiger partial charge in [-0.15, -0.1) is 12.4 Å². The lowest BCUT2D eigenvalue weighted by atomic mass is 9.99. The molecule has 2 aliphatic rings. The molecule has 2 aliphatic heterocycles. The average molecular weight is 276 g/mol. The first-order chi connectivity index (χ1) is 8.22. The first-order valence-corrected chi connectivity index (χ1v) is 6.92. The summed E-state index contributed by atoms with van der Waals surface area (Å²) in [5.74, 6) is 0.783. The number of hydrogen-bond acceptors (Lipinski definition) is 2. The van der Waals surface area contributed by atoms with E-state index in [2.05, 4.69) is 17.1 Å². The number of nitrogens with zero attached hydrogens (tertiary/aromatic N) is 2. The van der Waals surface area contributed by atoms with E-state index in [1.165, 1.54) is 0 Å². The van der Waals surface area contributed by atoms with E-state index >= 15 is 0 Å². The van der Waals surface area contributed by atoms with Crippen LogP contribution in [0.15, 0.2) is 0 Å². The fourth-order valence-electron chi connectivity index (χ4n) is 2.92. The molecule has 2 heterocycles. The first-order valence-electron chi connectivity index (χ1n) is 6.92. The summed E-state index contributed by atoms with van der Waals surface area (Å²) < 4.78 is 0. The van der Waals surface area contributed by atoms with Crippen molar-refractivity contribution in [3.8, 4) is 0 Å². The van der Waals surface area contributed by atoms with Crippen molar-refractivity contribution in [2.45, 2.75) is 38.6 Å². The predicted octanol–water partition coefficient (Wildman–Crippen LogP) is 1.94. The van der Waals surface area contributed by atoms with Gasteiger partial charge in [-0.2, -0.15) is 0 Å². The van der Waals surface area contributed by atoms with Crippen molar-refractivity contribution in [1.82, 2.24) is 15.1 Å². The summed E-state index contributed by atoms with van der Waals surface area (Å²) in [6.07, 6.45) is 4.63. The Morgan fingerprint density at radius 3 is 2.50 bits per heavy atom. The number of rotatable bonds is 2. The Labute approximate surface area is 116 Å². The monoisotopic (exact) mass is 275 g/mol. The third-order valence-electron chi connectivity index (χ3n) is 4.12. The van der Waals surface area contributed by atoms with Crippen LogP contribution in [0.2, 0.25) is 0 Å². The Hall–Kier alpha value is -0.480. The molecule has 4 nitrogen and oxygen atoms in total. The third kappa shape index (κ3) is 3.51. The van der Waals surface area contributed by atoms with E-state index in [1.54, 1.807) is 0 Å². The molecule has 18 heavy (non-hydrogen) atoms. The Morgan fingerprint density at radius 2 is 1.89 bits per heavy atom. The fraction of sp³-hybridized carbons (Fsp3) is 0.923. The standard InChI is InChI=1S/C13H25N3O.ClH/c1-11-5-8-15(9-6-11)13(17)16-7-3-4-12(16)10-14-2;/h11-12,14H,3-10H2,1-2H3;1H. The summed E-state index contributed by atoms with van der Waals surface area (Å²) in [7, 11) is 1.96. The number of amides is 2. The molecule has 1 atom stereocenters. The van der Waals surface area contributed by atoms with E-state index in [1.807, 2.05) is 11.9 Å². The van der Waals surface area contributed by atoms with E-state index in [0.29, 0.717) is 6.04 Å². The number of hydrogen-bond donors (Lipinski definition) is 1. The molecule has 5 heteroatoms. The number of likely N-dealkylation sites (N-methyl/N-ethyl adjacent to an activating group) is 1. The molecule has 0 saturated carbocycles. The van der Waals surface area contributed by atoms with Crippen LogP contribution in [-0.2, 0) is 0 Å². The second kappa shape index (κ2) is 7.19. The summed E-state index contributed by atoms with van der Waals surface area (Å²) in [5, 5.41) is 3.19. The van der Waals surface area contributed by atoms with Gasteiger partial charge in [-0.05, 0) is 38.6 Å². The maximum absolute atomic E-state index is 12.4. The highest BCUT2D eigenvalue weighted by molar-refractivity contribution is 5.85. The van der Waals surface area contributed by atoms with Crippen LogP contribution in [0.25, 0.3) is 0 Å². The van der Waals surface area contributed by atoms with Gasteiger partial charge in [-0.1, -0.05) is 6.92 Å². The molecule has 1 N–H and O–H groups in total. The van der Waals surface area contributed by atoms with E-state index in [9.17, 15) is 4.79 Å². The zero-order valence-corrected chi connectivity index (χ0v) is 12.3. The minimum Gasteiger partial charge on any atom is -0.325 e. The zero-order chi connectivity index (χ0) is 12.3. The topological polar surface area (TPSA) is 35.6 Å². The van der Waals surface area contributed by atoms with Gasteiger partial charge in [0.15, 0.2) is 0 Å². The van der Waals surface area contributed by atoms with Gasteiger partial charge in [0.2, 0.25) is 0 Å². The van der Waals surface area contributed by atoms with Gasteiger partial charge in [0.25, 0.3) is 0 Å². The Bertz CT molecular complexity index is 267. The van der Waals surface area contributed by atoms with E-state index in [4.69, 9.17) is 0 Å². The van der Waals surface area contributed by atoms with Crippen LogP contribution in [0.1, 0.15) is 32.6 Å². The Morgan fingerprint density at radius 1 is 1.22 bits per heavy atom. The molecule has 0 spiro atoms. The van der Waals surface area contributed by atoms with Crippen LogP contribution in [-0.4, -0.2) is 55.1 Å². The van der Waals surface area contributed by atoms with Crippen molar-refractivity contribution in [3.05, 3.63) is 0 Å². The van der Waals surface area contributed by atoms with Gasteiger partial charge in [0.1, 0.15) is 0 Å². The largest absolute Gasteiger partial charge is 0.325 e. The van der Waals surface area contributed by atoms with Crippen molar-refractivity contribution in [3.63, 3.8) is 0 Å². The maximum Gasteiger partial charge on any atom is 0.320 e. The summed E-state index contributed by atoms with van der Waals surface area (Å²) in [6, 6.07) is 0.682. The second-order valence-corrected chi connectivity index (χ2v) is 5.50. The van der Waals surface area contributed by atoms with Crippen LogP contribution in [0.3, 0.4) is 0 Å². The molecule has 0 aromatic heterocycles. The molecule has 0 aromatic carbocycles. The highest BCUT2D eigenvalue weighted by Crippen LogP contribution is 2.22. The molecule has 0 bridgehead atoms. The molecule has 1 unspecified atom stereocenters. The number of urea groups is 1. The molecule has 2 saturated heterocycles. The maximum atomic E-state index is 12.4. The summed E-state index contributed by atoms with van der Waals surface area (Å²) >= 11 is 0. The van der Waals surface area contributed by atoms with E-state index in [0.717, 1.165) is 57.8 Å². The minimum absolute atomic E-state index is 0. The number of likely N-dealkylation sites (tertiary alicyclic amines) is 2. The van der Waals surface area contributed by atoms with Gasteiger partial charge in [0, 0.05) is 32.2 Å². The lowest BCUT2D eigenvalue weighted by Crippen LogP contribution is -2.50. The number of piperidine rings is 1. The van der Waals surface area contributed by atoms with E-state index < -0.39 is 0 Å². The number of carbonyl (C=O) groups excluding carboxylic acids is 1. The van der Waals surface area contributed by atoms with Crippen molar-refractivity contribution in [2.75, 3.05) is 33.2 Å². The van der Waals surface area contributed by atoms with E-state index in [-0.39, 0.29) is 18.4 Å². The number of carbonyl (C=O) groups is 1. The third-order valence-corrected chi connectivity index (χ3v) is 4.12. The molecule has 106 valence electrons. The van der Waals surface area contributed by atoms with Crippen molar-refractivity contribution < 1.29 is 4.79 Å². The summed E-state index contributed by atoms with van der Waals surface area (Å²) in [5.41, 5.74) is 0. The zero-order valence-electron chi connectivity index (χ0n) is 11.5. The normalized spacial score (nSPS) is 25.1. The van der Waals surface area contributed by atoms with Crippen LogP contribution in [0, 0.1) is 5.92 Å². The quantitative estimate of drug-likeness (QED) is 0.836. The van der Waals surface area contributed by atoms with Crippen LogP contribution >= 0.6 is 12.4 Å². The Balaban J connectivity index is 0.00000162. The predicted molar refractivity (Wildman–Crippen MR) is 76.3 cm³/mol. The van der Waals surface area contributed by atoms with Gasteiger partial charge in [0.05, 0.1) is 0 Å². The highest BCUT2D eigenvalue weighted by Gasteiger charge is 2.32. The van der Waals surface area contributed by atoms with Crippen LogP contribution < -0.4 is 5.32 Å².